The Morgan fingerprint density at radius 2 is 2.25 bits per heavy atom. The van der Waals surface area contributed by atoms with E-state index < -0.39 is 18.1 Å². The molecule has 0 aliphatic heterocycles. The Morgan fingerprint density at radius 3 is 2.69 bits per heavy atom. The molecule has 1 N–H and O–H groups in total. The number of aromatic nitrogens is 1. The molecule has 1 heterocycles. The Labute approximate surface area is 104 Å². The van der Waals surface area contributed by atoms with Crippen molar-refractivity contribution in [2.75, 3.05) is 0 Å². The van der Waals surface area contributed by atoms with E-state index in [4.69, 9.17) is 16.7 Å². The maximum absolute atomic E-state index is 12.6. The van der Waals surface area contributed by atoms with Crippen LogP contribution in [0.3, 0.4) is 0 Å². The van der Waals surface area contributed by atoms with Crippen LogP contribution in [0, 0.1) is 0 Å². The maximum Gasteiger partial charge on any atom is 0.307 e. The van der Waals surface area contributed by atoms with Gasteiger partial charge in [0.15, 0.2) is 0 Å². The average Bonchev–Trinajstić information content (AvgIpc) is 2.15. The van der Waals surface area contributed by atoms with Crippen LogP contribution in [0.15, 0.2) is 10.7 Å². The summed E-state index contributed by atoms with van der Waals surface area (Å²) in [5.41, 5.74) is -0.137. The van der Waals surface area contributed by atoms with E-state index in [9.17, 15) is 13.6 Å². The molecular formula is C9H7BrClF2NO2. The van der Waals surface area contributed by atoms with E-state index in [0.29, 0.717) is 0 Å². The lowest BCUT2D eigenvalue weighted by Gasteiger charge is -2.10. The van der Waals surface area contributed by atoms with Crippen LogP contribution in [0.2, 0.25) is 0 Å². The lowest BCUT2D eigenvalue weighted by Crippen LogP contribution is -2.08. The van der Waals surface area contributed by atoms with E-state index in [2.05, 4.69) is 20.9 Å². The fourth-order valence-electron chi connectivity index (χ4n) is 1.27. The minimum atomic E-state index is -2.78. The van der Waals surface area contributed by atoms with Crippen LogP contribution in [0.5, 0.6) is 0 Å². The lowest BCUT2D eigenvalue weighted by molar-refractivity contribution is -0.136. The van der Waals surface area contributed by atoms with E-state index in [-0.39, 0.29) is 28.0 Å². The molecule has 0 fully saturated rings. The number of aliphatic carboxylic acids is 1. The number of alkyl halides is 3. The van der Waals surface area contributed by atoms with Gasteiger partial charge in [-0.3, -0.25) is 4.79 Å². The minimum Gasteiger partial charge on any atom is -0.481 e. The molecule has 0 atom stereocenters. The van der Waals surface area contributed by atoms with Gasteiger partial charge in [-0.2, -0.15) is 0 Å². The number of carboxylic acids is 1. The molecular weight excluding hydrogens is 307 g/mol. The number of hydrogen-bond acceptors (Lipinski definition) is 2. The first-order valence-corrected chi connectivity index (χ1v) is 5.52. The Bertz CT molecular complexity index is 415. The van der Waals surface area contributed by atoms with Gasteiger partial charge in [-0.25, -0.2) is 13.8 Å². The molecule has 0 aliphatic rings. The van der Waals surface area contributed by atoms with Gasteiger partial charge in [0.25, 0.3) is 6.43 Å². The second-order valence-electron chi connectivity index (χ2n) is 2.97. The van der Waals surface area contributed by atoms with Crippen molar-refractivity contribution >= 4 is 33.5 Å². The zero-order valence-corrected chi connectivity index (χ0v) is 10.2. The second-order valence-corrected chi connectivity index (χ2v) is 4.05. The Kier molecular flexibility index (Phi) is 4.61. The molecule has 1 aromatic heterocycles. The third-order valence-electron chi connectivity index (χ3n) is 1.90. The van der Waals surface area contributed by atoms with Crippen molar-refractivity contribution in [2.24, 2.45) is 0 Å². The second kappa shape index (κ2) is 5.54. The number of nitrogens with zero attached hydrogens (tertiary/aromatic N) is 1. The third kappa shape index (κ3) is 3.12. The van der Waals surface area contributed by atoms with E-state index in [1.807, 2.05) is 0 Å². The number of hydrogen-bond donors (Lipinski definition) is 1. The maximum atomic E-state index is 12.6. The minimum absolute atomic E-state index is 0.0854. The summed E-state index contributed by atoms with van der Waals surface area (Å²) in [6, 6.07) is 1.39. The van der Waals surface area contributed by atoms with Crippen molar-refractivity contribution in [1.82, 2.24) is 4.98 Å². The highest BCUT2D eigenvalue weighted by Crippen LogP contribution is 2.28. The molecule has 0 aliphatic carbocycles. The highest BCUT2D eigenvalue weighted by Gasteiger charge is 2.19. The summed E-state index contributed by atoms with van der Waals surface area (Å²) in [6.45, 7) is 0. The topological polar surface area (TPSA) is 50.2 Å². The van der Waals surface area contributed by atoms with Crippen molar-refractivity contribution in [1.29, 1.82) is 0 Å². The molecule has 0 radical (unpaired) electrons. The highest BCUT2D eigenvalue weighted by atomic mass is 79.9. The fraction of sp³-hybridized carbons (Fsp3) is 0.333. The summed E-state index contributed by atoms with van der Waals surface area (Å²) >= 11 is 8.49. The first-order chi connectivity index (χ1) is 7.45. The molecule has 0 spiro atoms. The molecule has 88 valence electrons. The number of halogens is 4. The normalized spacial score (nSPS) is 10.8. The van der Waals surface area contributed by atoms with E-state index in [0.717, 1.165) is 0 Å². The van der Waals surface area contributed by atoms with E-state index >= 15 is 0 Å². The molecule has 0 saturated heterocycles. The molecule has 3 nitrogen and oxygen atoms in total. The van der Waals surface area contributed by atoms with Crippen molar-refractivity contribution in [2.45, 2.75) is 18.7 Å². The van der Waals surface area contributed by atoms with Crippen LogP contribution in [0.4, 0.5) is 8.78 Å². The summed E-state index contributed by atoms with van der Waals surface area (Å²) in [6.07, 6.45) is -3.14. The number of rotatable bonds is 4. The van der Waals surface area contributed by atoms with Crippen LogP contribution in [-0.2, 0) is 17.1 Å². The van der Waals surface area contributed by atoms with Crippen LogP contribution in [-0.4, -0.2) is 16.1 Å². The van der Waals surface area contributed by atoms with Gasteiger partial charge < -0.3 is 5.11 Å². The van der Waals surface area contributed by atoms with Gasteiger partial charge in [0.2, 0.25) is 0 Å². The molecule has 16 heavy (non-hydrogen) atoms. The van der Waals surface area contributed by atoms with Crippen molar-refractivity contribution < 1.29 is 18.7 Å². The number of pyridine rings is 1. The quantitative estimate of drug-likeness (QED) is 0.686. The van der Waals surface area contributed by atoms with Crippen molar-refractivity contribution in [3.63, 3.8) is 0 Å². The van der Waals surface area contributed by atoms with Crippen LogP contribution in [0.1, 0.15) is 23.2 Å². The Morgan fingerprint density at radius 1 is 1.62 bits per heavy atom. The van der Waals surface area contributed by atoms with E-state index in [1.54, 1.807) is 0 Å². The third-order valence-corrected chi connectivity index (χ3v) is 2.57. The Hall–Kier alpha value is -0.750. The molecule has 1 rings (SSSR count). The summed E-state index contributed by atoms with van der Waals surface area (Å²) in [5.74, 6) is -1.30. The molecule has 0 saturated carbocycles. The number of carboxylic acid groups (broad SMARTS) is 1. The predicted octanol–water partition coefficient (Wildman–Crippen LogP) is 3.15. The molecule has 0 bridgehead atoms. The molecule has 0 amide bonds. The van der Waals surface area contributed by atoms with Gasteiger partial charge in [-0.05, 0) is 33.1 Å². The smallest absolute Gasteiger partial charge is 0.307 e. The molecule has 1 aromatic rings. The zero-order valence-electron chi connectivity index (χ0n) is 7.88. The fourth-order valence-corrected chi connectivity index (χ4v) is 2.04. The van der Waals surface area contributed by atoms with Gasteiger partial charge in [-0.1, -0.05) is 0 Å². The summed E-state index contributed by atoms with van der Waals surface area (Å²) in [7, 11) is 0. The highest BCUT2D eigenvalue weighted by molar-refractivity contribution is 9.10. The van der Waals surface area contributed by atoms with Crippen molar-refractivity contribution in [3.8, 4) is 0 Å². The monoisotopic (exact) mass is 313 g/mol. The summed E-state index contributed by atoms with van der Waals surface area (Å²) in [5, 5.41) is 8.64. The lowest BCUT2D eigenvalue weighted by atomic mass is 10.1. The zero-order chi connectivity index (χ0) is 12.3. The van der Waals surface area contributed by atoms with Gasteiger partial charge in [-0.15, -0.1) is 11.6 Å². The van der Waals surface area contributed by atoms with Crippen LogP contribution in [0.25, 0.3) is 0 Å². The molecule has 7 heteroatoms. The first kappa shape index (κ1) is 13.3. The Balaban J connectivity index is 3.29. The summed E-state index contributed by atoms with van der Waals surface area (Å²) < 4.78 is 25.4. The van der Waals surface area contributed by atoms with Gasteiger partial charge in [0.05, 0.1) is 6.42 Å². The van der Waals surface area contributed by atoms with Crippen molar-refractivity contribution in [3.05, 3.63) is 27.5 Å². The molecule has 0 aromatic carbocycles. The predicted molar refractivity (Wildman–Crippen MR) is 57.8 cm³/mol. The largest absolute Gasteiger partial charge is 0.481 e. The SMILES string of the molecule is O=C(O)Cc1cc(Br)nc(C(F)F)c1CCl. The van der Waals surface area contributed by atoms with E-state index in [1.165, 1.54) is 6.07 Å². The van der Waals surface area contributed by atoms with Gasteiger partial charge in [0.1, 0.15) is 10.3 Å². The average molecular weight is 315 g/mol. The van der Waals surface area contributed by atoms with Gasteiger partial charge >= 0.3 is 5.97 Å². The van der Waals surface area contributed by atoms with Crippen LogP contribution < -0.4 is 0 Å². The summed E-state index contributed by atoms with van der Waals surface area (Å²) in [4.78, 5) is 14.2. The van der Waals surface area contributed by atoms with Crippen LogP contribution >= 0.6 is 27.5 Å². The first-order valence-electron chi connectivity index (χ1n) is 4.19. The standard InChI is InChI=1S/C9H7BrClF2NO2/c10-6-1-4(2-7(15)16)5(3-11)8(14-6)9(12)13/h1,9H,2-3H2,(H,15,16). The number of carbonyl (C=O) groups is 1. The molecule has 0 unspecified atom stereocenters. The van der Waals surface area contributed by atoms with Gasteiger partial charge in [0, 0.05) is 5.88 Å².